The van der Waals surface area contributed by atoms with Crippen molar-refractivity contribution < 1.29 is 4.79 Å². The SMILES string of the molecule is CCCCc1ccc(NC(=O)CSc2nccn3nc(-c4cccs4)cc23)cc1. The molecule has 3 aromatic heterocycles. The Morgan fingerprint density at radius 3 is 2.86 bits per heavy atom. The van der Waals surface area contributed by atoms with Gasteiger partial charge in [-0.3, -0.25) is 4.79 Å². The molecule has 1 N–H and O–H groups in total. The molecular weight excluding hydrogens is 400 g/mol. The summed E-state index contributed by atoms with van der Waals surface area (Å²) in [6, 6.07) is 14.2. The molecule has 0 bridgehead atoms. The van der Waals surface area contributed by atoms with E-state index in [1.165, 1.54) is 30.2 Å². The highest BCUT2D eigenvalue weighted by molar-refractivity contribution is 8.00. The van der Waals surface area contributed by atoms with Gasteiger partial charge in [-0.25, -0.2) is 9.50 Å². The number of thioether (sulfide) groups is 1. The molecule has 0 atom stereocenters. The van der Waals surface area contributed by atoms with E-state index in [4.69, 9.17) is 0 Å². The molecule has 0 spiro atoms. The van der Waals surface area contributed by atoms with E-state index in [1.807, 2.05) is 46.4 Å². The largest absolute Gasteiger partial charge is 0.325 e. The number of carbonyl (C=O) groups excluding carboxylic acids is 1. The molecule has 4 aromatic rings. The van der Waals surface area contributed by atoms with Gasteiger partial charge in [0.25, 0.3) is 0 Å². The molecule has 0 fully saturated rings. The summed E-state index contributed by atoms with van der Waals surface area (Å²) in [5.41, 5.74) is 3.96. The number of amides is 1. The Kier molecular flexibility index (Phi) is 6.27. The summed E-state index contributed by atoms with van der Waals surface area (Å²) >= 11 is 3.08. The van der Waals surface area contributed by atoms with Crippen molar-refractivity contribution in [1.82, 2.24) is 14.6 Å². The van der Waals surface area contributed by atoms with E-state index >= 15 is 0 Å². The maximum atomic E-state index is 12.4. The molecule has 7 heteroatoms. The van der Waals surface area contributed by atoms with Gasteiger partial charge >= 0.3 is 0 Å². The normalized spacial score (nSPS) is 11.1. The molecule has 0 unspecified atom stereocenters. The number of fused-ring (bicyclic) bond motifs is 1. The number of aryl methyl sites for hydroxylation is 1. The lowest BCUT2D eigenvalue weighted by atomic mass is 10.1. The first kappa shape index (κ1) is 19.7. The van der Waals surface area contributed by atoms with Crippen molar-refractivity contribution >= 4 is 40.2 Å². The van der Waals surface area contributed by atoms with Crippen molar-refractivity contribution in [3.05, 3.63) is 65.8 Å². The predicted octanol–water partition coefficient (Wildman–Crippen LogP) is 5.53. The number of aromatic nitrogens is 3. The number of carbonyl (C=O) groups is 1. The van der Waals surface area contributed by atoms with Gasteiger partial charge in [-0.1, -0.05) is 43.3 Å². The Morgan fingerprint density at radius 1 is 1.24 bits per heavy atom. The second-order valence-electron chi connectivity index (χ2n) is 6.71. The van der Waals surface area contributed by atoms with Crippen LogP contribution in [0.25, 0.3) is 16.1 Å². The van der Waals surface area contributed by atoms with Gasteiger partial charge in [0.2, 0.25) is 5.91 Å². The number of anilines is 1. The molecule has 0 saturated carbocycles. The van der Waals surface area contributed by atoms with E-state index in [1.54, 1.807) is 17.5 Å². The molecule has 4 rings (SSSR count). The molecule has 0 radical (unpaired) electrons. The van der Waals surface area contributed by atoms with E-state index in [0.717, 1.165) is 33.2 Å². The van der Waals surface area contributed by atoms with Crippen LogP contribution in [0.2, 0.25) is 0 Å². The molecule has 0 aliphatic rings. The first-order valence-electron chi connectivity index (χ1n) is 9.63. The Labute approximate surface area is 178 Å². The second kappa shape index (κ2) is 9.24. The van der Waals surface area contributed by atoms with Gasteiger partial charge in [-0.2, -0.15) is 5.10 Å². The molecular formula is C22H22N4OS2. The Bertz CT molecular complexity index is 1090. The summed E-state index contributed by atoms with van der Waals surface area (Å²) in [6.07, 6.45) is 6.99. The fraction of sp³-hybridized carbons (Fsp3) is 0.227. The Morgan fingerprint density at radius 2 is 2.10 bits per heavy atom. The monoisotopic (exact) mass is 422 g/mol. The summed E-state index contributed by atoms with van der Waals surface area (Å²) < 4.78 is 1.82. The van der Waals surface area contributed by atoms with Crippen LogP contribution in [0.5, 0.6) is 0 Å². The first-order valence-corrected chi connectivity index (χ1v) is 11.5. The third-order valence-corrected chi connectivity index (χ3v) is 6.41. The smallest absolute Gasteiger partial charge is 0.234 e. The minimum absolute atomic E-state index is 0.0434. The highest BCUT2D eigenvalue weighted by Gasteiger charge is 2.12. The summed E-state index contributed by atoms with van der Waals surface area (Å²) in [4.78, 5) is 18.0. The van der Waals surface area contributed by atoms with E-state index in [9.17, 15) is 4.79 Å². The molecule has 148 valence electrons. The van der Waals surface area contributed by atoms with E-state index < -0.39 is 0 Å². The summed E-state index contributed by atoms with van der Waals surface area (Å²) in [5, 5.41) is 10.4. The molecule has 29 heavy (non-hydrogen) atoms. The van der Waals surface area contributed by atoms with Crippen molar-refractivity contribution in [3.63, 3.8) is 0 Å². The van der Waals surface area contributed by atoms with E-state index in [-0.39, 0.29) is 5.91 Å². The van der Waals surface area contributed by atoms with Crippen molar-refractivity contribution in [2.75, 3.05) is 11.1 Å². The fourth-order valence-corrected chi connectivity index (χ4v) is 4.48. The predicted molar refractivity (Wildman–Crippen MR) is 121 cm³/mol. The Hall–Kier alpha value is -2.64. The lowest BCUT2D eigenvalue weighted by Crippen LogP contribution is -2.14. The fourth-order valence-electron chi connectivity index (χ4n) is 3.02. The molecule has 0 aliphatic heterocycles. The number of hydrogen-bond donors (Lipinski definition) is 1. The number of benzene rings is 1. The minimum atomic E-state index is -0.0434. The minimum Gasteiger partial charge on any atom is -0.325 e. The molecule has 1 amide bonds. The molecule has 0 aliphatic carbocycles. The van der Waals surface area contributed by atoms with Gasteiger partial charge in [0.1, 0.15) is 10.7 Å². The van der Waals surface area contributed by atoms with Crippen LogP contribution in [0, 0.1) is 0 Å². The summed E-state index contributed by atoms with van der Waals surface area (Å²) in [6.45, 7) is 2.19. The van der Waals surface area contributed by atoms with Crippen LogP contribution in [0.1, 0.15) is 25.3 Å². The van der Waals surface area contributed by atoms with E-state index in [0.29, 0.717) is 5.75 Å². The average Bonchev–Trinajstić information content (AvgIpc) is 3.41. The third-order valence-electron chi connectivity index (χ3n) is 4.52. The average molecular weight is 423 g/mol. The summed E-state index contributed by atoms with van der Waals surface area (Å²) in [5.74, 6) is 0.252. The van der Waals surface area contributed by atoms with Gasteiger partial charge in [-0.05, 0) is 48.1 Å². The zero-order valence-corrected chi connectivity index (χ0v) is 17.8. The highest BCUT2D eigenvalue weighted by Crippen LogP contribution is 2.28. The van der Waals surface area contributed by atoms with Crippen molar-refractivity contribution in [1.29, 1.82) is 0 Å². The standard InChI is InChI=1S/C22H22N4OS2/c1-2-3-5-16-7-9-17(10-8-16)24-21(27)15-29-22-19-14-18(20-6-4-13-28-20)25-26(19)12-11-23-22/h4,6-14H,2-3,5,15H2,1H3,(H,24,27). The number of nitrogens with one attached hydrogen (secondary N) is 1. The van der Waals surface area contributed by atoms with Crippen LogP contribution < -0.4 is 5.32 Å². The lowest BCUT2D eigenvalue weighted by molar-refractivity contribution is -0.113. The van der Waals surface area contributed by atoms with Gasteiger partial charge < -0.3 is 5.32 Å². The quantitative estimate of drug-likeness (QED) is 0.379. The molecule has 3 heterocycles. The topological polar surface area (TPSA) is 59.3 Å². The zero-order chi connectivity index (χ0) is 20.1. The zero-order valence-electron chi connectivity index (χ0n) is 16.2. The highest BCUT2D eigenvalue weighted by atomic mass is 32.2. The van der Waals surface area contributed by atoms with Crippen molar-refractivity contribution in [3.8, 4) is 10.6 Å². The van der Waals surface area contributed by atoms with Crippen LogP contribution in [-0.2, 0) is 11.2 Å². The number of unbranched alkanes of at least 4 members (excludes halogenated alkanes) is 1. The second-order valence-corrected chi connectivity index (χ2v) is 8.62. The summed E-state index contributed by atoms with van der Waals surface area (Å²) in [7, 11) is 0. The van der Waals surface area contributed by atoms with Crippen molar-refractivity contribution in [2.45, 2.75) is 31.2 Å². The molecule has 0 saturated heterocycles. The van der Waals surface area contributed by atoms with Crippen LogP contribution in [0.4, 0.5) is 5.69 Å². The van der Waals surface area contributed by atoms with Gasteiger partial charge in [-0.15, -0.1) is 11.3 Å². The van der Waals surface area contributed by atoms with Crippen LogP contribution in [-0.4, -0.2) is 26.3 Å². The Balaban J connectivity index is 1.39. The number of nitrogens with zero attached hydrogens (tertiary/aromatic N) is 3. The van der Waals surface area contributed by atoms with Crippen LogP contribution in [0.3, 0.4) is 0 Å². The van der Waals surface area contributed by atoms with Crippen LogP contribution >= 0.6 is 23.1 Å². The van der Waals surface area contributed by atoms with Gasteiger partial charge in [0.15, 0.2) is 0 Å². The number of thiophene rings is 1. The van der Waals surface area contributed by atoms with Crippen molar-refractivity contribution in [2.24, 2.45) is 0 Å². The number of hydrogen-bond acceptors (Lipinski definition) is 5. The first-order chi connectivity index (χ1) is 14.2. The maximum Gasteiger partial charge on any atom is 0.234 e. The third kappa shape index (κ3) is 4.86. The molecule has 1 aromatic carbocycles. The molecule has 5 nitrogen and oxygen atoms in total. The van der Waals surface area contributed by atoms with Gasteiger partial charge in [0, 0.05) is 18.1 Å². The van der Waals surface area contributed by atoms with Gasteiger partial charge in [0.05, 0.1) is 16.1 Å². The maximum absolute atomic E-state index is 12.4. The van der Waals surface area contributed by atoms with Crippen LogP contribution in [0.15, 0.2) is 65.3 Å². The van der Waals surface area contributed by atoms with E-state index in [2.05, 4.69) is 34.5 Å². The lowest BCUT2D eigenvalue weighted by Gasteiger charge is -2.07. The number of rotatable bonds is 8.